The lowest BCUT2D eigenvalue weighted by molar-refractivity contribution is 0.233. The molecule has 126 valence electrons. The summed E-state index contributed by atoms with van der Waals surface area (Å²) in [6.45, 7) is 19.2. The summed E-state index contributed by atoms with van der Waals surface area (Å²) in [4.78, 5) is 2.51. The van der Waals surface area contributed by atoms with Crippen LogP contribution in [0.5, 0.6) is 0 Å². The van der Waals surface area contributed by atoms with E-state index >= 15 is 0 Å². The summed E-state index contributed by atoms with van der Waals surface area (Å²) in [5.41, 5.74) is 2.61. The van der Waals surface area contributed by atoms with E-state index in [1.165, 1.54) is 49.9 Å². The molecule has 0 aromatic carbocycles. The number of hydrogen-bond acceptors (Lipinski definition) is 2. The molecule has 1 aliphatic carbocycles. The molecule has 0 aromatic rings. The van der Waals surface area contributed by atoms with Crippen molar-refractivity contribution in [3.8, 4) is 0 Å². The van der Waals surface area contributed by atoms with Gasteiger partial charge in [-0.25, -0.2) is 0 Å². The molecule has 1 N–H and O–H groups in total. The molecule has 1 saturated carbocycles. The van der Waals surface area contributed by atoms with E-state index in [2.05, 4.69) is 51.1 Å². The van der Waals surface area contributed by atoms with Gasteiger partial charge < -0.3 is 10.2 Å². The van der Waals surface area contributed by atoms with E-state index in [0.717, 1.165) is 18.9 Å². The van der Waals surface area contributed by atoms with E-state index in [1.807, 2.05) is 0 Å². The van der Waals surface area contributed by atoms with Crippen molar-refractivity contribution in [2.75, 3.05) is 6.54 Å². The third kappa shape index (κ3) is 4.30. The topological polar surface area (TPSA) is 15.3 Å². The highest BCUT2D eigenvalue weighted by molar-refractivity contribution is 5.15. The van der Waals surface area contributed by atoms with Crippen molar-refractivity contribution in [2.24, 2.45) is 11.3 Å². The monoisotopic (exact) mass is 304 g/mol. The van der Waals surface area contributed by atoms with Crippen LogP contribution in [-0.2, 0) is 0 Å². The Hall–Kier alpha value is -0.920. The molecule has 2 heteroatoms. The fourth-order valence-electron chi connectivity index (χ4n) is 4.15. The molecule has 0 aromatic heterocycles. The average Bonchev–Trinajstić information content (AvgIpc) is 3.05. The highest BCUT2D eigenvalue weighted by Gasteiger charge is 2.33. The van der Waals surface area contributed by atoms with Gasteiger partial charge in [0.1, 0.15) is 0 Å². The van der Waals surface area contributed by atoms with Gasteiger partial charge in [0.05, 0.1) is 6.04 Å². The van der Waals surface area contributed by atoms with Crippen molar-refractivity contribution >= 4 is 0 Å². The molecule has 0 spiro atoms. The maximum atomic E-state index is 4.46. The molecule has 0 radical (unpaired) electrons. The lowest BCUT2D eigenvalue weighted by Crippen LogP contribution is -2.46. The summed E-state index contributed by atoms with van der Waals surface area (Å²) in [5, 5.41) is 3.75. The predicted molar refractivity (Wildman–Crippen MR) is 96.6 cm³/mol. The van der Waals surface area contributed by atoms with Crippen LogP contribution < -0.4 is 5.32 Å². The summed E-state index contributed by atoms with van der Waals surface area (Å²) in [7, 11) is 0. The lowest BCUT2D eigenvalue weighted by Gasteiger charge is -2.40. The molecule has 0 bridgehead atoms. The maximum Gasteiger partial charge on any atom is 0.0700 e. The normalized spacial score (nSPS) is 24.5. The van der Waals surface area contributed by atoms with Gasteiger partial charge in [0.25, 0.3) is 0 Å². The Balaban J connectivity index is 1.99. The number of hydrogen-bond donors (Lipinski definition) is 1. The first-order valence-corrected chi connectivity index (χ1v) is 9.19. The summed E-state index contributed by atoms with van der Waals surface area (Å²) in [5.74, 6) is 0.847. The van der Waals surface area contributed by atoms with E-state index in [1.54, 1.807) is 0 Å². The van der Waals surface area contributed by atoms with Gasteiger partial charge in [-0.05, 0) is 37.5 Å². The highest BCUT2D eigenvalue weighted by Crippen LogP contribution is 2.33. The molecular weight excluding hydrogens is 268 g/mol. The Morgan fingerprint density at radius 3 is 2.27 bits per heavy atom. The first-order chi connectivity index (χ1) is 10.3. The Morgan fingerprint density at radius 2 is 1.77 bits per heavy atom. The quantitative estimate of drug-likeness (QED) is 0.736. The van der Waals surface area contributed by atoms with Crippen LogP contribution in [0, 0.1) is 11.3 Å². The lowest BCUT2D eigenvalue weighted by atomic mass is 9.84. The van der Waals surface area contributed by atoms with Crippen LogP contribution in [0.3, 0.4) is 0 Å². The summed E-state index contributed by atoms with van der Waals surface area (Å²) < 4.78 is 0. The zero-order valence-corrected chi connectivity index (χ0v) is 15.3. The van der Waals surface area contributed by atoms with Crippen molar-refractivity contribution in [3.63, 3.8) is 0 Å². The number of allylic oxidation sites excluding steroid dienone is 1. The maximum absolute atomic E-state index is 4.46. The van der Waals surface area contributed by atoms with Crippen molar-refractivity contribution in [1.82, 2.24) is 10.2 Å². The summed E-state index contributed by atoms with van der Waals surface area (Å²) >= 11 is 0. The highest BCUT2D eigenvalue weighted by atomic mass is 15.2. The van der Waals surface area contributed by atoms with Crippen molar-refractivity contribution in [1.29, 1.82) is 0 Å². The fraction of sp³-hybridized carbons (Fsp3) is 0.800. The minimum absolute atomic E-state index is 0.151. The Morgan fingerprint density at radius 1 is 1.14 bits per heavy atom. The molecule has 2 rings (SSSR count). The number of rotatable bonds is 6. The molecule has 2 atom stereocenters. The van der Waals surface area contributed by atoms with E-state index < -0.39 is 0 Å². The molecule has 1 aliphatic heterocycles. The van der Waals surface area contributed by atoms with E-state index in [-0.39, 0.29) is 11.5 Å². The molecule has 1 heterocycles. The third-order valence-electron chi connectivity index (χ3n) is 5.48. The molecule has 22 heavy (non-hydrogen) atoms. The van der Waals surface area contributed by atoms with E-state index in [9.17, 15) is 0 Å². The molecule has 0 amide bonds. The van der Waals surface area contributed by atoms with Crippen LogP contribution in [-0.4, -0.2) is 23.5 Å². The SMILES string of the molecule is C=C(CC1CCCC1)NC(C(=C)N1CCCC1C)C(C)(C)C. The Bertz CT molecular complexity index is 398. The van der Waals surface area contributed by atoms with Crippen LogP contribution in [0.1, 0.15) is 72.6 Å². The zero-order valence-electron chi connectivity index (χ0n) is 15.3. The largest absolute Gasteiger partial charge is 0.380 e. The second-order valence-corrected chi connectivity index (χ2v) is 8.58. The van der Waals surface area contributed by atoms with Gasteiger partial charge >= 0.3 is 0 Å². The van der Waals surface area contributed by atoms with Crippen molar-refractivity contribution in [3.05, 3.63) is 24.6 Å². The number of nitrogens with one attached hydrogen (secondary N) is 1. The van der Waals surface area contributed by atoms with Gasteiger partial charge in [-0.1, -0.05) is 59.6 Å². The van der Waals surface area contributed by atoms with E-state index in [4.69, 9.17) is 0 Å². The van der Waals surface area contributed by atoms with Crippen LogP contribution in [0.4, 0.5) is 0 Å². The van der Waals surface area contributed by atoms with Crippen LogP contribution in [0.2, 0.25) is 0 Å². The zero-order chi connectivity index (χ0) is 16.3. The molecular formula is C20H36N2. The van der Waals surface area contributed by atoms with Gasteiger partial charge in [0, 0.05) is 24.0 Å². The van der Waals surface area contributed by atoms with Gasteiger partial charge in [-0.3, -0.25) is 0 Å². The minimum Gasteiger partial charge on any atom is -0.380 e. The molecule has 2 aliphatic rings. The number of nitrogens with zero attached hydrogens (tertiary/aromatic N) is 1. The first kappa shape index (κ1) is 17.4. The van der Waals surface area contributed by atoms with Crippen LogP contribution in [0.15, 0.2) is 24.6 Å². The Labute approximate surface area is 138 Å². The number of likely N-dealkylation sites (tertiary alicyclic amines) is 1. The average molecular weight is 305 g/mol. The predicted octanol–water partition coefficient (Wildman–Crippen LogP) is 5.08. The Kier molecular flexibility index (Phi) is 5.63. The smallest absolute Gasteiger partial charge is 0.0700 e. The molecule has 1 saturated heterocycles. The van der Waals surface area contributed by atoms with E-state index in [0.29, 0.717) is 6.04 Å². The second kappa shape index (κ2) is 7.10. The van der Waals surface area contributed by atoms with Gasteiger partial charge in [-0.2, -0.15) is 0 Å². The van der Waals surface area contributed by atoms with Crippen LogP contribution in [0.25, 0.3) is 0 Å². The van der Waals surface area contributed by atoms with Gasteiger partial charge in [0.2, 0.25) is 0 Å². The first-order valence-electron chi connectivity index (χ1n) is 9.19. The summed E-state index contributed by atoms with van der Waals surface area (Å²) in [6.07, 6.45) is 9.28. The fourth-order valence-corrected chi connectivity index (χ4v) is 4.15. The molecule has 2 nitrogen and oxygen atoms in total. The van der Waals surface area contributed by atoms with Gasteiger partial charge in [0.15, 0.2) is 0 Å². The molecule has 2 fully saturated rings. The van der Waals surface area contributed by atoms with Crippen molar-refractivity contribution in [2.45, 2.75) is 84.7 Å². The second-order valence-electron chi connectivity index (χ2n) is 8.58. The van der Waals surface area contributed by atoms with Crippen molar-refractivity contribution < 1.29 is 0 Å². The standard InChI is InChI=1S/C20H36N2/c1-15(14-18-11-7-8-12-18)21-19(20(4,5)6)17(3)22-13-9-10-16(22)2/h16,18-19,21H,1,3,7-14H2,2,4-6H3. The minimum atomic E-state index is 0.151. The molecule has 2 unspecified atom stereocenters. The van der Waals surface area contributed by atoms with Crippen LogP contribution >= 0.6 is 0 Å². The summed E-state index contributed by atoms with van der Waals surface area (Å²) in [6, 6.07) is 0.907. The third-order valence-corrected chi connectivity index (χ3v) is 5.48. The van der Waals surface area contributed by atoms with Gasteiger partial charge in [-0.15, -0.1) is 0 Å².